The molecule has 4 aromatic carbocycles. The van der Waals surface area contributed by atoms with Crippen LogP contribution in [0.25, 0.3) is 10.8 Å². The third kappa shape index (κ3) is 5.52. The molecule has 0 aromatic heterocycles. The number of hydrazone groups is 1. The molecule has 0 radical (unpaired) electrons. The smallest absolute Gasteiger partial charge is 0.244 e. The van der Waals surface area contributed by atoms with Crippen molar-refractivity contribution in [1.29, 1.82) is 0 Å². The Bertz CT molecular complexity index is 1230. The van der Waals surface area contributed by atoms with Crippen LogP contribution in [0, 0.1) is 0 Å². The molecule has 0 saturated heterocycles. The second-order valence-corrected chi connectivity index (χ2v) is 7.32. The minimum absolute atomic E-state index is 0.185. The number of fused-ring (bicyclic) bond motifs is 1. The molecule has 0 unspecified atom stereocenters. The molecule has 5 heteroatoms. The first-order valence-corrected chi connectivity index (χ1v) is 10.4. The van der Waals surface area contributed by atoms with Crippen LogP contribution in [-0.2, 0) is 17.8 Å². The van der Waals surface area contributed by atoms with Crippen LogP contribution in [0.4, 0.5) is 0 Å². The lowest BCUT2D eigenvalue weighted by atomic mass is 10.1. The zero-order valence-electron chi connectivity index (χ0n) is 17.8. The molecule has 0 saturated carbocycles. The minimum Gasteiger partial charge on any atom is -0.497 e. The van der Waals surface area contributed by atoms with Gasteiger partial charge in [-0.15, -0.1) is 0 Å². The molecule has 0 aliphatic rings. The predicted molar refractivity (Wildman–Crippen MR) is 127 cm³/mol. The molecule has 32 heavy (non-hydrogen) atoms. The van der Waals surface area contributed by atoms with Gasteiger partial charge < -0.3 is 9.47 Å². The number of nitrogens with zero attached hydrogens (tertiary/aromatic N) is 1. The number of rotatable bonds is 8. The van der Waals surface area contributed by atoms with Crippen LogP contribution in [0.2, 0.25) is 0 Å². The second kappa shape index (κ2) is 10.3. The average molecular weight is 425 g/mol. The molecule has 0 aliphatic carbocycles. The highest BCUT2D eigenvalue weighted by molar-refractivity contribution is 5.85. The highest BCUT2D eigenvalue weighted by Crippen LogP contribution is 2.21. The quantitative estimate of drug-likeness (QED) is 0.315. The summed E-state index contributed by atoms with van der Waals surface area (Å²) in [7, 11) is 1.61. The van der Waals surface area contributed by atoms with E-state index in [1.165, 1.54) is 10.8 Å². The topological polar surface area (TPSA) is 59.9 Å². The van der Waals surface area contributed by atoms with Crippen molar-refractivity contribution in [2.24, 2.45) is 5.10 Å². The highest BCUT2D eigenvalue weighted by atomic mass is 16.5. The van der Waals surface area contributed by atoms with E-state index in [4.69, 9.17) is 9.47 Å². The summed E-state index contributed by atoms with van der Waals surface area (Å²) in [6.45, 7) is 0.473. The summed E-state index contributed by atoms with van der Waals surface area (Å²) in [6.07, 6.45) is 1.85. The van der Waals surface area contributed by atoms with Crippen LogP contribution in [-0.4, -0.2) is 19.2 Å². The van der Waals surface area contributed by atoms with E-state index < -0.39 is 0 Å². The Balaban J connectivity index is 1.33. The van der Waals surface area contributed by atoms with Gasteiger partial charge in [0, 0.05) is 0 Å². The van der Waals surface area contributed by atoms with Gasteiger partial charge in [0.15, 0.2) is 0 Å². The van der Waals surface area contributed by atoms with E-state index in [0.717, 1.165) is 28.2 Å². The maximum atomic E-state index is 12.1. The number of carbonyl (C=O) groups excluding carboxylic acids is 1. The second-order valence-electron chi connectivity index (χ2n) is 7.32. The molecule has 5 nitrogen and oxygen atoms in total. The Morgan fingerprint density at radius 3 is 2.53 bits per heavy atom. The maximum Gasteiger partial charge on any atom is 0.244 e. The normalized spacial score (nSPS) is 10.9. The molecule has 0 atom stereocenters. The van der Waals surface area contributed by atoms with Crippen molar-refractivity contribution in [3.05, 3.63) is 108 Å². The number of ether oxygens (including phenoxy) is 2. The summed E-state index contributed by atoms with van der Waals surface area (Å²) in [5.74, 6) is 1.32. The summed E-state index contributed by atoms with van der Waals surface area (Å²) >= 11 is 0. The summed E-state index contributed by atoms with van der Waals surface area (Å²) in [4.78, 5) is 12.1. The largest absolute Gasteiger partial charge is 0.497 e. The van der Waals surface area contributed by atoms with Gasteiger partial charge in [0.1, 0.15) is 18.1 Å². The minimum atomic E-state index is -0.185. The van der Waals surface area contributed by atoms with Crippen LogP contribution < -0.4 is 14.9 Å². The number of hydrogen-bond donors (Lipinski definition) is 1. The molecule has 4 aromatic rings. The number of carbonyl (C=O) groups is 1. The Morgan fingerprint density at radius 1 is 0.906 bits per heavy atom. The Hall–Kier alpha value is -4.12. The van der Waals surface area contributed by atoms with Crippen LogP contribution in [0.5, 0.6) is 11.5 Å². The molecule has 4 rings (SSSR count). The fourth-order valence-corrected chi connectivity index (χ4v) is 3.41. The van der Waals surface area contributed by atoms with Crippen LogP contribution in [0.1, 0.15) is 16.7 Å². The average Bonchev–Trinajstić information content (AvgIpc) is 2.83. The van der Waals surface area contributed by atoms with Crippen molar-refractivity contribution in [2.45, 2.75) is 13.0 Å². The van der Waals surface area contributed by atoms with Gasteiger partial charge in [-0.1, -0.05) is 66.7 Å². The van der Waals surface area contributed by atoms with E-state index in [1.54, 1.807) is 13.3 Å². The molecule has 0 aliphatic heterocycles. The molecule has 1 amide bonds. The standard InChI is InChI=1S/C27H24N2O3/c1-31-24-14-12-20(13-15-24)17-27(30)29-28-18-21-6-4-10-25(16-21)32-19-23-9-5-8-22-7-2-3-11-26(22)23/h2-16,18H,17,19H2,1H3,(H,29,30)/b28-18-. The van der Waals surface area contributed by atoms with Crippen LogP contribution in [0.3, 0.4) is 0 Å². The molecular formula is C27H24N2O3. The number of hydrogen-bond acceptors (Lipinski definition) is 4. The summed E-state index contributed by atoms with van der Waals surface area (Å²) in [6, 6.07) is 29.5. The van der Waals surface area contributed by atoms with Crippen molar-refractivity contribution < 1.29 is 14.3 Å². The SMILES string of the molecule is COc1ccc(CC(=O)N/N=C\c2cccc(OCc3cccc4ccccc34)c2)cc1. The lowest BCUT2D eigenvalue weighted by Crippen LogP contribution is -2.19. The third-order valence-electron chi connectivity index (χ3n) is 5.06. The van der Waals surface area contributed by atoms with Gasteiger partial charge in [0.2, 0.25) is 5.91 Å². The maximum absolute atomic E-state index is 12.1. The van der Waals surface area contributed by atoms with Crippen molar-refractivity contribution in [3.63, 3.8) is 0 Å². The van der Waals surface area contributed by atoms with E-state index in [0.29, 0.717) is 6.61 Å². The molecular weight excluding hydrogens is 400 g/mol. The van der Waals surface area contributed by atoms with Crippen molar-refractivity contribution in [2.75, 3.05) is 7.11 Å². The van der Waals surface area contributed by atoms with Gasteiger partial charge in [0.05, 0.1) is 19.7 Å². The monoisotopic (exact) mass is 424 g/mol. The zero-order chi connectivity index (χ0) is 22.2. The van der Waals surface area contributed by atoms with Gasteiger partial charge in [-0.2, -0.15) is 5.10 Å². The molecule has 160 valence electrons. The fourth-order valence-electron chi connectivity index (χ4n) is 3.41. The number of methoxy groups -OCH3 is 1. The van der Waals surface area contributed by atoms with Crippen LogP contribution >= 0.6 is 0 Å². The summed E-state index contributed by atoms with van der Waals surface area (Å²) in [5.41, 5.74) is 5.43. The summed E-state index contributed by atoms with van der Waals surface area (Å²) in [5, 5.41) is 6.45. The first kappa shape index (κ1) is 21.1. The Morgan fingerprint density at radius 2 is 1.69 bits per heavy atom. The van der Waals surface area contributed by atoms with E-state index in [9.17, 15) is 4.79 Å². The zero-order valence-corrected chi connectivity index (χ0v) is 17.8. The van der Waals surface area contributed by atoms with Crippen molar-refractivity contribution in [1.82, 2.24) is 5.43 Å². The third-order valence-corrected chi connectivity index (χ3v) is 5.06. The van der Waals surface area contributed by atoms with Crippen LogP contribution in [0.15, 0.2) is 96.1 Å². The van der Waals surface area contributed by atoms with E-state index in [1.807, 2.05) is 66.7 Å². The molecule has 0 bridgehead atoms. The summed E-state index contributed by atoms with van der Waals surface area (Å²) < 4.78 is 11.1. The van der Waals surface area contributed by atoms with Gasteiger partial charge in [-0.3, -0.25) is 4.79 Å². The van der Waals surface area contributed by atoms with Gasteiger partial charge >= 0.3 is 0 Å². The molecule has 0 fully saturated rings. The number of benzene rings is 4. The van der Waals surface area contributed by atoms with E-state index in [2.05, 4.69) is 34.8 Å². The Kier molecular flexibility index (Phi) is 6.78. The number of amides is 1. The van der Waals surface area contributed by atoms with Gasteiger partial charge in [-0.05, 0) is 51.7 Å². The highest BCUT2D eigenvalue weighted by Gasteiger charge is 2.04. The first-order chi connectivity index (χ1) is 15.7. The van der Waals surface area contributed by atoms with Gasteiger partial charge in [0.25, 0.3) is 0 Å². The molecule has 0 heterocycles. The number of nitrogens with one attached hydrogen (secondary N) is 1. The first-order valence-electron chi connectivity index (χ1n) is 10.4. The molecule has 0 spiro atoms. The van der Waals surface area contributed by atoms with E-state index >= 15 is 0 Å². The molecule has 1 N–H and O–H groups in total. The van der Waals surface area contributed by atoms with Gasteiger partial charge in [-0.25, -0.2) is 5.43 Å². The van der Waals surface area contributed by atoms with Crippen molar-refractivity contribution >= 4 is 22.9 Å². The fraction of sp³-hybridized carbons (Fsp3) is 0.111. The predicted octanol–water partition coefficient (Wildman–Crippen LogP) is 5.12. The lowest BCUT2D eigenvalue weighted by molar-refractivity contribution is -0.120. The lowest BCUT2D eigenvalue weighted by Gasteiger charge is -2.09. The van der Waals surface area contributed by atoms with Crippen molar-refractivity contribution in [3.8, 4) is 11.5 Å². The Labute approximate surface area is 187 Å². The van der Waals surface area contributed by atoms with E-state index in [-0.39, 0.29) is 12.3 Å².